The normalized spacial score (nSPS) is 12.2. The zero-order valence-electron chi connectivity index (χ0n) is 13.1. The molecule has 1 unspecified atom stereocenters. The van der Waals surface area contributed by atoms with Crippen LogP contribution >= 0.6 is 0 Å². The lowest BCUT2D eigenvalue weighted by atomic mass is 10.1. The first-order valence-corrected chi connectivity index (χ1v) is 7.02. The highest BCUT2D eigenvalue weighted by atomic mass is 19.2. The van der Waals surface area contributed by atoms with Crippen molar-refractivity contribution >= 4 is 17.9 Å². The summed E-state index contributed by atoms with van der Waals surface area (Å²) in [6.45, 7) is -0.851. The number of carbonyl (C=O) groups excluding carboxylic acids is 2. The Morgan fingerprint density at radius 1 is 1.04 bits per heavy atom. The maximum Gasteiger partial charge on any atom is 0.263 e. The Bertz CT molecular complexity index is 859. The van der Waals surface area contributed by atoms with Crippen molar-refractivity contribution in [1.29, 1.82) is 0 Å². The van der Waals surface area contributed by atoms with Crippen LogP contribution in [-0.2, 0) is 9.59 Å². The molecule has 27 heavy (non-hydrogen) atoms. The van der Waals surface area contributed by atoms with E-state index in [0.29, 0.717) is 12.2 Å². The molecule has 2 rings (SSSR count). The molecule has 0 radical (unpaired) electrons. The van der Waals surface area contributed by atoms with Gasteiger partial charge >= 0.3 is 0 Å². The van der Waals surface area contributed by atoms with E-state index in [2.05, 4.69) is 15.6 Å². The lowest BCUT2D eigenvalue weighted by molar-refractivity contribution is -0.125. The summed E-state index contributed by atoms with van der Waals surface area (Å²) in [5.74, 6) is -13.0. The summed E-state index contributed by atoms with van der Waals surface area (Å²) in [6, 6.07) is -1.49. The molecule has 0 aliphatic carbocycles. The Hall–Kier alpha value is -3.35. The molecule has 0 aliphatic heterocycles. The number of aromatic nitrogens is 3. The van der Waals surface area contributed by atoms with Gasteiger partial charge in [-0.2, -0.15) is 0 Å². The highest BCUT2D eigenvalue weighted by Crippen LogP contribution is 2.23. The Morgan fingerprint density at radius 3 is 2.07 bits per heavy atom. The molecule has 0 bridgehead atoms. The van der Waals surface area contributed by atoms with Crippen molar-refractivity contribution in [3.8, 4) is 0 Å². The summed E-state index contributed by atoms with van der Waals surface area (Å²) >= 11 is 0. The zero-order chi connectivity index (χ0) is 20.1. The van der Waals surface area contributed by atoms with Gasteiger partial charge in [-0.3, -0.25) is 15.0 Å². The standard InChI is InChI=1S/C14H10F5N5O3/c15-9-6(10(16)12(18)13(19)11(9)17)1-2-8(26)22-7(3-25)14(27)23-24-4-20-21-5-24/h1-2,4-5,7,25H,3H2,(H,22,26)(H,23,27). The summed E-state index contributed by atoms with van der Waals surface area (Å²) in [7, 11) is 0. The molecule has 1 aromatic carbocycles. The van der Waals surface area contributed by atoms with Crippen LogP contribution in [0.1, 0.15) is 5.56 Å². The van der Waals surface area contributed by atoms with E-state index in [1.165, 1.54) is 0 Å². The first-order valence-electron chi connectivity index (χ1n) is 7.02. The average Bonchev–Trinajstić information content (AvgIpc) is 3.15. The first-order chi connectivity index (χ1) is 12.8. The number of hydrogen-bond donors (Lipinski definition) is 3. The minimum atomic E-state index is -2.34. The van der Waals surface area contributed by atoms with Crippen molar-refractivity contribution in [3.05, 3.63) is 53.4 Å². The van der Waals surface area contributed by atoms with E-state index in [0.717, 1.165) is 17.3 Å². The van der Waals surface area contributed by atoms with Crippen molar-refractivity contribution in [2.24, 2.45) is 0 Å². The molecule has 2 amide bonds. The molecule has 1 heterocycles. The number of carbonyl (C=O) groups is 2. The van der Waals surface area contributed by atoms with Gasteiger partial charge in [0.15, 0.2) is 23.3 Å². The number of nitrogens with one attached hydrogen (secondary N) is 2. The predicted molar refractivity (Wildman–Crippen MR) is 78.7 cm³/mol. The van der Waals surface area contributed by atoms with E-state index >= 15 is 0 Å². The molecular weight excluding hydrogens is 381 g/mol. The van der Waals surface area contributed by atoms with Crippen LogP contribution in [-0.4, -0.2) is 44.4 Å². The maximum absolute atomic E-state index is 13.5. The van der Waals surface area contributed by atoms with Crippen molar-refractivity contribution in [3.63, 3.8) is 0 Å². The fraction of sp³-hybridized carbons (Fsp3) is 0.143. The van der Waals surface area contributed by atoms with Gasteiger partial charge in [-0.1, -0.05) is 0 Å². The Morgan fingerprint density at radius 2 is 1.56 bits per heavy atom. The Kier molecular flexibility index (Phi) is 6.18. The van der Waals surface area contributed by atoms with E-state index in [4.69, 9.17) is 5.11 Å². The van der Waals surface area contributed by atoms with Gasteiger partial charge in [-0.05, 0) is 6.08 Å². The number of benzene rings is 1. The van der Waals surface area contributed by atoms with Gasteiger partial charge < -0.3 is 10.4 Å². The van der Waals surface area contributed by atoms with Crippen LogP contribution in [0.25, 0.3) is 6.08 Å². The van der Waals surface area contributed by atoms with Gasteiger partial charge in [0, 0.05) is 6.08 Å². The summed E-state index contributed by atoms with van der Waals surface area (Å²) in [5, 5.41) is 17.9. The minimum Gasteiger partial charge on any atom is -0.394 e. The third kappa shape index (κ3) is 4.44. The fourth-order valence-electron chi connectivity index (χ4n) is 1.80. The quantitative estimate of drug-likeness (QED) is 0.283. The van der Waals surface area contributed by atoms with Gasteiger partial charge in [0.2, 0.25) is 11.7 Å². The molecule has 8 nitrogen and oxygen atoms in total. The molecule has 144 valence electrons. The van der Waals surface area contributed by atoms with E-state index in [1.54, 1.807) is 0 Å². The largest absolute Gasteiger partial charge is 0.394 e. The number of amides is 2. The molecule has 0 saturated heterocycles. The number of rotatable bonds is 6. The average molecular weight is 391 g/mol. The second kappa shape index (κ2) is 8.35. The summed E-state index contributed by atoms with van der Waals surface area (Å²) in [6.07, 6.45) is 3.00. The molecule has 1 atom stereocenters. The Balaban J connectivity index is 2.11. The molecule has 0 fully saturated rings. The molecule has 3 N–H and O–H groups in total. The lowest BCUT2D eigenvalue weighted by Gasteiger charge is -2.15. The monoisotopic (exact) mass is 391 g/mol. The smallest absolute Gasteiger partial charge is 0.263 e. The second-order valence-electron chi connectivity index (χ2n) is 4.91. The van der Waals surface area contributed by atoms with Crippen LogP contribution in [0, 0.1) is 29.1 Å². The molecule has 1 aromatic heterocycles. The molecule has 13 heteroatoms. The molecular formula is C14H10F5N5O3. The van der Waals surface area contributed by atoms with E-state index in [9.17, 15) is 31.5 Å². The van der Waals surface area contributed by atoms with E-state index in [-0.39, 0.29) is 0 Å². The van der Waals surface area contributed by atoms with Crippen molar-refractivity contribution < 1.29 is 36.6 Å². The Labute approximate surface area is 147 Å². The summed E-state index contributed by atoms with van der Waals surface area (Å²) < 4.78 is 67.1. The second-order valence-corrected chi connectivity index (χ2v) is 4.91. The highest BCUT2D eigenvalue weighted by molar-refractivity contribution is 5.97. The molecule has 0 saturated carbocycles. The number of nitrogens with zero attached hydrogens (tertiary/aromatic N) is 3. The van der Waals surface area contributed by atoms with E-state index in [1.807, 2.05) is 5.32 Å². The predicted octanol–water partition coefficient (Wildman–Crippen LogP) is 0.234. The van der Waals surface area contributed by atoms with Crippen molar-refractivity contribution in [1.82, 2.24) is 20.2 Å². The SMILES string of the molecule is O=C(C=Cc1c(F)c(F)c(F)c(F)c1F)NC(CO)C(=O)Nn1cnnc1. The van der Waals surface area contributed by atoms with Crippen molar-refractivity contribution in [2.45, 2.75) is 6.04 Å². The lowest BCUT2D eigenvalue weighted by Crippen LogP contribution is -2.47. The number of halogens is 5. The van der Waals surface area contributed by atoms with Crippen LogP contribution in [0.3, 0.4) is 0 Å². The first kappa shape index (κ1) is 20.0. The van der Waals surface area contributed by atoms with Crippen LogP contribution in [0.4, 0.5) is 22.0 Å². The third-order valence-corrected chi connectivity index (χ3v) is 3.12. The van der Waals surface area contributed by atoms with Crippen LogP contribution in [0.5, 0.6) is 0 Å². The maximum atomic E-state index is 13.5. The van der Waals surface area contributed by atoms with Crippen LogP contribution in [0.15, 0.2) is 18.7 Å². The van der Waals surface area contributed by atoms with Gasteiger partial charge in [-0.25, -0.2) is 26.6 Å². The van der Waals surface area contributed by atoms with Gasteiger partial charge in [0.25, 0.3) is 5.91 Å². The van der Waals surface area contributed by atoms with Crippen molar-refractivity contribution in [2.75, 3.05) is 12.0 Å². The van der Waals surface area contributed by atoms with Crippen LogP contribution in [0.2, 0.25) is 0 Å². The minimum absolute atomic E-state index is 0.345. The van der Waals surface area contributed by atoms with Gasteiger partial charge in [0.1, 0.15) is 18.7 Å². The molecule has 0 aliphatic rings. The summed E-state index contributed by atoms with van der Waals surface area (Å²) in [5.41, 5.74) is 0.848. The zero-order valence-corrected chi connectivity index (χ0v) is 13.1. The fourth-order valence-corrected chi connectivity index (χ4v) is 1.80. The number of hydrogen-bond acceptors (Lipinski definition) is 5. The van der Waals surface area contributed by atoms with Crippen LogP contribution < -0.4 is 10.7 Å². The van der Waals surface area contributed by atoms with Gasteiger partial charge in [0.05, 0.1) is 12.2 Å². The number of aliphatic hydroxyl groups is 1. The number of aliphatic hydroxyl groups excluding tert-OH is 1. The van der Waals surface area contributed by atoms with Gasteiger partial charge in [-0.15, -0.1) is 10.2 Å². The molecule has 2 aromatic rings. The highest BCUT2D eigenvalue weighted by Gasteiger charge is 2.24. The third-order valence-electron chi connectivity index (χ3n) is 3.12. The topological polar surface area (TPSA) is 109 Å². The summed E-state index contributed by atoms with van der Waals surface area (Å²) in [4.78, 5) is 23.6. The van der Waals surface area contributed by atoms with E-state index < -0.39 is 59.1 Å². The molecule has 0 spiro atoms.